The third-order valence-electron chi connectivity index (χ3n) is 3.82. The third kappa shape index (κ3) is 3.73. The van der Waals surface area contributed by atoms with Gasteiger partial charge in [-0.2, -0.15) is 0 Å². The van der Waals surface area contributed by atoms with E-state index >= 15 is 0 Å². The SMILES string of the molecule is CC(=O)OC1CN=C(c2cc3cccc(NS(=O)(=O)c4cccs4)c3[nH]2)S1. The van der Waals surface area contributed by atoms with Crippen LogP contribution >= 0.6 is 23.1 Å². The molecule has 10 heteroatoms. The van der Waals surface area contributed by atoms with Crippen molar-refractivity contribution in [2.24, 2.45) is 4.99 Å². The van der Waals surface area contributed by atoms with Crippen molar-refractivity contribution in [3.8, 4) is 0 Å². The van der Waals surface area contributed by atoms with Gasteiger partial charge in [0.25, 0.3) is 10.0 Å². The Morgan fingerprint density at radius 1 is 1.33 bits per heavy atom. The molecule has 0 spiro atoms. The van der Waals surface area contributed by atoms with Crippen LogP contribution in [0.4, 0.5) is 5.69 Å². The van der Waals surface area contributed by atoms with Crippen molar-refractivity contribution in [1.29, 1.82) is 0 Å². The summed E-state index contributed by atoms with van der Waals surface area (Å²) < 4.78 is 33.1. The number of benzene rings is 1. The van der Waals surface area contributed by atoms with Gasteiger partial charge in [-0.3, -0.25) is 14.5 Å². The molecule has 7 nitrogen and oxygen atoms in total. The summed E-state index contributed by atoms with van der Waals surface area (Å²) in [5, 5.41) is 3.30. The van der Waals surface area contributed by atoms with Crippen LogP contribution < -0.4 is 4.72 Å². The molecule has 1 aromatic carbocycles. The Hall–Kier alpha value is -2.30. The molecule has 0 radical (unpaired) electrons. The Labute approximate surface area is 163 Å². The van der Waals surface area contributed by atoms with Crippen LogP contribution in [0.3, 0.4) is 0 Å². The van der Waals surface area contributed by atoms with Gasteiger partial charge in [0.1, 0.15) is 9.25 Å². The van der Waals surface area contributed by atoms with E-state index in [2.05, 4.69) is 14.7 Å². The first-order chi connectivity index (χ1) is 12.9. The summed E-state index contributed by atoms with van der Waals surface area (Å²) in [4.78, 5) is 18.7. The first-order valence-electron chi connectivity index (χ1n) is 7.99. The van der Waals surface area contributed by atoms with Gasteiger partial charge in [-0.1, -0.05) is 30.0 Å². The van der Waals surface area contributed by atoms with Crippen LogP contribution in [0.25, 0.3) is 10.9 Å². The summed E-state index contributed by atoms with van der Waals surface area (Å²) in [5.41, 5.74) is 1.56. The van der Waals surface area contributed by atoms with Crippen LogP contribution in [0.5, 0.6) is 0 Å². The molecule has 0 aliphatic carbocycles. The Morgan fingerprint density at radius 2 is 2.19 bits per heavy atom. The molecule has 0 saturated heterocycles. The number of aromatic nitrogens is 1. The predicted molar refractivity (Wildman–Crippen MR) is 108 cm³/mol. The fourth-order valence-electron chi connectivity index (χ4n) is 2.72. The van der Waals surface area contributed by atoms with Crippen LogP contribution in [0.2, 0.25) is 0 Å². The van der Waals surface area contributed by atoms with E-state index in [0.29, 0.717) is 17.7 Å². The molecule has 140 valence electrons. The number of hydrogen-bond acceptors (Lipinski definition) is 7. The zero-order valence-corrected chi connectivity index (χ0v) is 16.6. The van der Waals surface area contributed by atoms with E-state index in [1.54, 1.807) is 29.6 Å². The summed E-state index contributed by atoms with van der Waals surface area (Å²) in [7, 11) is -3.64. The maximum Gasteiger partial charge on any atom is 0.303 e. The van der Waals surface area contributed by atoms with Crippen molar-refractivity contribution in [3.63, 3.8) is 0 Å². The fourth-order valence-corrected chi connectivity index (χ4v) is 5.75. The zero-order chi connectivity index (χ0) is 19.0. The number of esters is 1. The lowest BCUT2D eigenvalue weighted by Gasteiger charge is -2.08. The number of para-hydroxylation sites is 1. The Bertz CT molecular complexity index is 1130. The van der Waals surface area contributed by atoms with Gasteiger partial charge in [0.2, 0.25) is 0 Å². The smallest absolute Gasteiger partial charge is 0.303 e. The van der Waals surface area contributed by atoms with Crippen molar-refractivity contribution >= 4 is 60.7 Å². The molecule has 0 amide bonds. The molecule has 0 bridgehead atoms. The van der Waals surface area contributed by atoms with Crippen molar-refractivity contribution < 1.29 is 17.9 Å². The lowest BCUT2D eigenvalue weighted by molar-refractivity contribution is -0.141. The minimum absolute atomic E-state index is 0.256. The lowest BCUT2D eigenvalue weighted by Crippen LogP contribution is -2.12. The Morgan fingerprint density at radius 3 is 2.93 bits per heavy atom. The van der Waals surface area contributed by atoms with Crippen LogP contribution in [0.1, 0.15) is 12.6 Å². The van der Waals surface area contributed by atoms with Crippen molar-refractivity contribution in [2.45, 2.75) is 16.6 Å². The number of anilines is 1. The fraction of sp³-hybridized carbons (Fsp3) is 0.176. The standard InChI is InChI=1S/C17H15N3O4S3/c1-10(21)24-14-9-18-17(26-14)13-8-11-4-2-5-12(16(11)19-13)20-27(22,23)15-6-3-7-25-15/h2-8,14,19-20H,9H2,1H3. The molecule has 2 N–H and O–H groups in total. The number of nitrogens with zero attached hydrogens (tertiary/aromatic N) is 1. The van der Waals surface area contributed by atoms with E-state index in [-0.39, 0.29) is 15.6 Å². The number of ether oxygens (including phenoxy) is 1. The van der Waals surface area contributed by atoms with Crippen LogP contribution in [-0.2, 0) is 19.6 Å². The summed E-state index contributed by atoms with van der Waals surface area (Å²) in [6, 6.07) is 10.5. The maximum absolute atomic E-state index is 12.5. The van der Waals surface area contributed by atoms with Crippen molar-refractivity contribution in [1.82, 2.24) is 4.98 Å². The normalized spacial score (nSPS) is 17.1. The Balaban J connectivity index is 1.63. The first-order valence-corrected chi connectivity index (χ1v) is 11.2. The van der Waals surface area contributed by atoms with Gasteiger partial charge in [0.15, 0.2) is 5.44 Å². The number of sulfonamides is 1. The second-order valence-electron chi connectivity index (χ2n) is 5.79. The first kappa shape index (κ1) is 18.1. The molecular weight excluding hydrogens is 406 g/mol. The van der Waals surface area contributed by atoms with Crippen LogP contribution in [-0.4, -0.2) is 36.4 Å². The summed E-state index contributed by atoms with van der Waals surface area (Å²) >= 11 is 2.52. The van der Waals surface area contributed by atoms with Gasteiger partial charge in [-0.05, 0) is 23.6 Å². The number of fused-ring (bicyclic) bond motifs is 1. The van der Waals surface area contributed by atoms with Gasteiger partial charge < -0.3 is 9.72 Å². The van der Waals surface area contributed by atoms with Crippen LogP contribution in [0, 0.1) is 0 Å². The molecule has 1 aliphatic rings. The molecule has 0 saturated carbocycles. The van der Waals surface area contributed by atoms with E-state index < -0.39 is 10.0 Å². The number of aliphatic imine (C=N–C) groups is 1. The summed E-state index contributed by atoms with van der Waals surface area (Å²) in [5.74, 6) is -0.342. The molecule has 0 fully saturated rings. The maximum atomic E-state index is 12.5. The van der Waals surface area contributed by atoms with Crippen molar-refractivity contribution in [2.75, 3.05) is 11.3 Å². The molecule has 2 aromatic heterocycles. The topological polar surface area (TPSA) is 101 Å². The number of rotatable bonds is 5. The molecular formula is C17H15N3O4S3. The lowest BCUT2D eigenvalue weighted by atomic mass is 10.2. The number of aromatic amines is 1. The van der Waals surface area contributed by atoms with Gasteiger partial charge in [-0.25, -0.2) is 8.42 Å². The number of nitrogens with one attached hydrogen (secondary N) is 2. The zero-order valence-electron chi connectivity index (χ0n) is 14.1. The van der Waals surface area contributed by atoms with E-state index in [4.69, 9.17) is 4.74 Å². The summed E-state index contributed by atoms with van der Waals surface area (Å²) in [6.07, 6.45) is 0. The monoisotopic (exact) mass is 421 g/mol. The third-order valence-corrected chi connectivity index (χ3v) is 7.66. The predicted octanol–water partition coefficient (Wildman–Crippen LogP) is 3.41. The molecule has 3 aromatic rings. The van der Waals surface area contributed by atoms with E-state index in [1.807, 2.05) is 12.1 Å². The highest BCUT2D eigenvalue weighted by Crippen LogP contribution is 2.31. The number of carbonyl (C=O) groups is 1. The van der Waals surface area contributed by atoms with Gasteiger partial charge in [-0.15, -0.1) is 11.3 Å². The number of carbonyl (C=O) groups excluding carboxylic acids is 1. The molecule has 1 unspecified atom stereocenters. The van der Waals surface area contributed by atoms with Crippen molar-refractivity contribution in [3.05, 3.63) is 47.5 Å². The van der Waals surface area contributed by atoms with E-state index in [1.165, 1.54) is 18.7 Å². The van der Waals surface area contributed by atoms with Crippen LogP contribution in [0.15, 0.2) is 51.0 Å². The van der Waals surface area contributed by atoms with E-state index in [0.717, 1.165) is 27.5 Å². The molecule has 1 aliphatic heterocycles. The highest BCUT2D eigenvalue weighted by molar-refractivity contribution is 8.15. The molecule has 1 atom stereocenters. The number of thioether (sulfide) groups is 1. The van der Waals surface area contributed by atoms with Gasteiger partial charge in [0.05, 0.1) is 23.4 Å². The highest BCUT2D eigenvalue weighted by atomic mass is 32.2. The molecule has 3 heterocycles. The number of thiophene rings is 1. The number of hydrogen-bond donors (Lipinski definition) is 2. The average Bonchev–Trinajstić information content (AvgIpc) is 3.34. The molecule has 27 heavy (non-hydrogen) atoms. The largest absolute Gasteiger partial charge is 0.449 e. The highest BCUT2D eigenvalue weighted by Gasteiger charge is 2.25. The molecule has 4 rings (SSSR count). The summed E-state index contributed by atoms with van der Waals surface area (Å²) in [6.45, 7) is 1.76. The minimum atomic E-state index is -3.64. The number of H-pyrrole nitrogens is 1. The van der Waals surface area contributed by atoms with Gasteiger partial charge in [0, 0.05) is 12.3 Å². The van der Waals surface area contributed by atoms with Gasteiger partial charge >= 0.3 is 5.97 Å². The Kier molecular flexibility index (Phi) is 4.70. The second-order valence-corrected chi connectivity index (χ2v) is 9.80. The average molecular weight is 422 g/mol. The van der Waals surface area contributed by atoms with E-state index in [9.17, 15) is 13.2 Å². The quantitative estimate of drug-likeness (QED) is 0.615. The minimum Gasteiger partial charge on any atom is -0.449 e. The second kappa shape index (κ2) is 7.02.